The van der Waals surface area contributed by atoms with Gasteiger partial charge in [0.05, 0.1) is 33.2 Å². The number of hydrogen-bond donors (Lipinski definition) is 1. The summed E-state index contributed by atoms with van der Waals surface area (Å²) in [5.74, 6) is -1.54. The quantitative estimate of drug-likeness (QED) is 0.102. The third-order valence-electron chi connectivity index (χ3n) is 6.95. The highest BCUT2D eigenvalue weighted by molar-refractivity contribution is 5.79. The van der Waals surface area contributed by atoms with Crippen LogP contribution < -0.4 is 10.4 Å². The Bertz CT molecular complexity index is 685. The highest BCUT2D eigenvalue weighted by atomic mass is 16.8. The van der Waals surface area contributed by atoms with E-state index in [4.69, 9.17) is 14.3 Å². The number of methoxy groups -OCH3 is 1. The monoisotopic (exact) mass is 573 g/mol. The Morgan fingerprint density at radius 3 is 1.77 bits per heavy atom. The standard InChI is InChI=1S/C30H59N3O7/c1-8-10-11-12-13-14-15-16-17-18-19-20-21-22-26(9-2)31-29(36)40-32(30(37)39-24-25(3)38-7)27(28(34)35)23-33(4,5)6/h25-27H,8-24H2,1-7H3,(H-,31,34,35,36). The number of amides is 2. The van der Waals surface area contributed by atoms with E-state index in [0.29, 0.717) is 11.5 Å². The zero-order chi connectivity index (χ0) is 30.4. The number of unbranched alkanes of at least 4 members (excludes halogenated alkanes) is 12. The lowest BCUT2D eigenvalue weighted by atomic mass is 10.0. The Balaban J connectivity index is 4.64. The molecule has 3 atom stereocenters. The van der Waals surface area contributed by atoms with Gasteiger partial charge in [-0.05, 0) is 19.8 Å². The Hall–Kier alpha value is -2.07. The van der Waals surface area contributed by atoms with Crippen LogP contribution in [0.4, 0.5) is 9.59 Å². The number of likely N-dealkylation sites (N-methyl/N-ethyl adjacent to an activating group) is 1. The van der Waals surface area contributed by atoms with Gasteiger partial charge in [0.1, 0.15) is 13.2 Å². The first-order valence-electron chi connectivity index (χ1n) is 15.4. The van der Waals surface area contributed by atoms with Crippen molar-refractivity contribution in [1.82, 2.24) is 10.4 Å². The number of carbonyl (C=O) groups is 3. The van der Waals surface area contributed by atoms with Crippen LogP contribution in [0.3, 0.4) is 0 Å². The fraction of sp³-hybridized carbons (Fsp3) is 0.900. The second-order valence-electron chi connectivity index (χ2n) is 11.9. The number of nitrogens with zero attached hydrogens (tertiary/aromatic N) is 2. The first-order valence-corrected chi connectivity index (χ1v) is 15.4. The molecule has 0 bridgehead atoms. The molecule has 0 radical (unpaired) electrons. The smallest absolute Gasteiger partial charge is 0.444 e. The molecule has 1 N–H and O–H groups in total. The first-order chi connectivity index (χ1) is 18.9. The molecule has 0 spiro atoms. The van der Waals surface area contributed by atoms with Crippen LogP contribution in [0.5, 0.6) is 0 Å². The van der Waals surface area contributed by atoms with Gasteiger partial charge in [-0.25, -0.2) is 9.59 Å². The molecule has 0 aliphatic carbocycles. The van der Waals surface area contributed by atoms with Gasteiger partial charge >= 0.3 is 12.2 Å². The van der Waals surface area contributed by atoms with Crippen molar-refractivity contribution in [2.45, 2.75) is 135 Å². The summed E-state index contributed by atoms with van der Waals surface area (Å²) in [7, 11) is 6.74. The molecule has 40 heavy (non-hydrogen) atoms. The second kappa shape index (κ2) is 22.6. The molecule has 0 aromatic heterocycles. The molecule has 3 unspecified atom stereocenters. The lowest BCUT2D eigenvalue weighted by Gasteiger charge is -2.34. The predicted molar refractivity (Wildman–Crippen MR) is 155 cm³/mol. The van der Waals surface area contributed by atoms with Crippen LogP contribution in [-0.2, 0) is 19.1 Å². The maximum absolute atomic E-state index is 12.7. The van der Waals surface area contributed by atoms with E-state index in [1.807, 2.05) is 6.92 Å². The predicted octanol–water partition coefficient (Wildman–Crippen LogP) is 5.19. The van der Waals surface area contributed by atoms with E-state index in [-0.39, 0.29) is 23.7 Å². The van der Waals surface area contributed by atoms with Crippen molar-refractivity contribution in [3.63, 3.8) is 0 Å². The lowest BCUT2D eigenvalue weighted by Crippen LogP contribution is -2.59. The number of quaternary nitrogens is 1. The topological polar surface area (TPSA) is 117 Å². The van der Waals surface area contributed by atoms with Crippen LogP contribution >= 0.6 is 0 Å². The minimum atomic E-state index is -1.54. The number of hydrogen-bond acceptors (Lipinski definition) is 7. The third kappa shape index (κ3) is 19.9. The maximum Gasteiger partial charge on any atom is 0.444 e. The molecule has 0 aliphatic heterocycles. The van der Waals surface area contributed by atoms with Crippen molar-refractivity contribution >= 4 is 18.2 Å². The molecule has 0 aromatic carbocycles. The van der Waals surface area contributed by atoms with E-state index in [1.165, 1.54) is 77.7 Å². The number of carboxylic acids is 1. The van der Waals surface area contributed by atoms with Gasteiger partial charge < -0.3 is 34.0 Å². The van der Waals surface area contributed by atoms with Gasteiger partial charge in [0.2, 0.25) is 0 Å². The van der Waals surface area contributed by atoms with Crippen LogP contribution in [0, 0.1) is 0 Å². The molecular formula is C30H59N3O7. The fourth-order valence-electron chi connectivity index (χ4n) is 4.38. The molecular weight excluding hydrogens is 514 g/mol. The summed E-state index contributed by atoms with van der Waals surface area (Å²) in [4.78, 5) is 42.6. The van der Waals surface area contributed by atoms with E-state index < -0.39 is 30.3 Å². The van der Waals surface area contributed by atoms with Crippen LogP contribution in [0.25, 0.3) is 0 Å². The highest BCUT2D eigenvalue weighted by Gasteiger charge is 2.35. The van der Waals surface area contributed by atoms with E-state index in [0.717, 1.165) is 19.3 Å². The Morgan fingerprint density at radius 1 is 0.850 bits per heavy atom. The van der Waals surface area contributed by atoms with Crippen molar-refractivity contribution in [2.75, 3.05) is 41.4 Å². The van der Waals surface area contributed by atoms with E-state index in [9.17, 15) is 19.5 Å². The summed E-state index contributed by atoms with van der Waals surface area (Å²) in [6.07, 6.45) is 15.6. The molecule has 236 valence electrons. The minimum Gasteiger partial charge on any atom is -0.547 e. The van der Waals surface area contributed by atoms with Crippen LogP contribution in [0.2, 0.25) is 0 Å². The third-order valence-corrected chi connectivity index (χ3v) is 6.95. The van der Waals surface area contributed by atoms with E-state index in [2.05, 4.69) is 12.2 Å². The maximum atomic E-state index is 12.7. The average Bonchev–Trinajstić information content (AvgIpc) is 2.90. The average molecular weight is 574 g/mol. The summed E-state index contributed by atoms with van der Waals surface area (Å²) < 4.78 is 10.4. The molecule has 0 saturated carbocycles. The summed E-state index contributed by atoms with van der Waals surface area (Å²) in [6.45, 7) is 5.72. The molecule has 0 aromatic rings. The van der Waals surface area contributed by atoms with Crippen molar-refractivity contribution in [3.05, 3.63) is 0 Å². The number of rotatable bonds is 23. The molecule has 0 saturated heterocycles. The number of hydroxylamine groups is 2. The Labute approximate surface area is 243 Å². The van der Waals surface area contributed by atoms with Crippen LogP contribution in [0.1, 0.15) is 117 Å². The molecule has 2 amide bonds. The van der Waals surface area contributed by atoms with Gasteiger partial charge in [-0.15, -0.1) is 5.06 Å². The number of carbonyl (C=O) groups excluding carboxylic acids is 3. The van der Waals surface area contributed by atoms with Crippen LogP contribution in [0.15, 0.2) is 0 Å². The second-order valence-corrected chi connectivity index (χ2v) is 11.9. The molecule has 0 fully saturated rings. The minimum absolute atomic E-state index is 0.0549. The van der Waals surface area contributed by atoms with Gasteiger partial charge in [-0.3, -0.25) is 0 Å². The van der Waals surface area contributed by atoms with Gasteiger partial charge in [-0.2, -0.15) is 0 Å². The van der Waals surface area contributed by atoms with Crippen molar-refractivity contribution in [3.8, 4) is 0 Å². The number of ether oxygens (including phenoxy) is 2. The lowest BCUT2D eigenvalue weighted by molar-refractivity contribution is -0.872. The van der Waals surface area contributed by atoms with E-state index >= 15 is 0 Å². The number of nitrogens with one attached hydrogen (secondary N) is 1. The van der Waals surface area contributed by atoms with Crippen LogP contribution in [-0.4, -0.2) is 87.3 Å². The zero-order valence-corrected chi connectivity index (χ0v) is 26.5. The van der Waals surface area contributed by atoms with Crippen molar-refractivity contribution in [1.29, 1.82) is 0 Å². The van der Waals surface area contributed by atoms with E-state index in [1.54, 1.807) is 28.1 Å². The highest BCUT2D eigenvalue weighted by Crippen LogP contribution is 2.15. The first kappa shape index (κ1) is 37.9. The largest absolute Gasteiger partial charge is 0.547 e. The van der Waals surface area contributed by atoms with Crippen molar-refractivity contribution in [2.24, 2.45) is 0 Å². The van der Waals surface area contributed by atoms with Crippen molar-refractivity contribution < 1.29 is 38.3 Å². The molecule has 10 heteroatoms. The summed E-state index contributed by atoms with van der Waals surface area (Å²) in [5, 5.41) is 15.2. The number of aliphatic carboxylic acids is 1. The molecule has 0 heterocycles. The molecule has 0 aliphatic rings. The van der Waals surface area contributed by atoms with Gasteiger partial charge in [0, 0.05) is 13.2 Å². The fourth-order valence-corrected chi connectivity index (χ4v) is 4.38. The Kier molecular flexibility index (Phi) is 21.4. The molecule has 0 rings (SSSR count). The van der Waals surface area contributed by atoms with Gasteiger partial charge in [-0.1, -0.05) is 97.3 Å². The summed E-state index contributed by atoms with van der Waals surface area (Å²) in [6, 6.07) is -1.68. The normalized spacial score (nSPS) is 13.8. The SMILES string of the molecule is CCCCCCCCCCCCCCCC(CC)NC(=O)ON(C(=O)OCC(C)OC)C(C[N+](C)(C)C)C(=O)[O-]. The zero-order valence-electron chi connectivity index (χ0n) is 26.5. The Morgan fingerprint density at radius 2 is 1.35 bits per heavy atom. The molecule has 10 nitrogen and oxygen atoms in total. The van der Waals surface area contributed by atoms with Gasteiger partial charge in [0.15, 0.2) is 6.04 Å². The number of carboxylic acid groups (broad SMARTS) is 1. The summed E-state index contributed by atoms with van der Waals surface area (Å²) >= 11 is 0. The van der Waals surface area contributed by atoms with Gasteiger partial charge in [0.25, 0.3) is 0 Å². The summed E-state index contributed by atoms with van der Waals surface area (Å²) in [5.41, 5.74) is 0.